The van der Waals surface area contributed by atoms with E-state index in [0.717, 1.165) is 12.0 Å². The summed E-state index contributed by atoms with van der Waals surface area (Å²) < 4.78 is 5.44. The zero-order valence-electron chi connectivity index (χ0n) is 18.1. The minimum absolute atomic E-state index is 0.0249. The monoisotopic (exact) mass is 420 g/mol. The summed E-state index contributed by atoms with van der Waals surface area (Å²) in [7, 11) is 0. The molecule has 1 aromatic carbocycles. The third-order valence-electron chi connectivity index (χ3n) is 5.96. The Morgan fingerprint density at radius 2 is 1.90 bits per heavy atom. The fraction of sp³-hybridized carbons (Fsp3) is 0.440. The summed E-state index contributed by atoms with van der Waals surface area (Å²) in [6.45, 7) is 4.55. The summed E-state index contributed by atoms with van der Waals surface area (Å²) in [5, 5.41) is 14.9. The number of hydrogen-bond donors (Lipinski definition) is 1. The number of aliphatic hydroxyl groups excluding tert-OH is 1. The number of benzene rings is 1. The first-order chi connectivity index (χ1) is 14.8. The van der Waals surface area contributed by atoms with Crippen LogP contribution in [0, 0.1) is 5.41 Å². The highest BCUT2D eigenvalue weighted by atomic mass is 16.5. The highest BCUT2D eigenvalue weighted by molar-refractivity contribution is 6.24. The zero-order chi connectivity index (χ0) is 22.0. The largest absolute Gasteiger partial charge is 0.511 e. The molecule has 1 fully saturated rings. The molecule has 1 N–H and O–H groups in total. The summed E-state index contributed by atoms with van der Waals surface area (Å²) >= 11 is 0. The Labute approximate surface area is 182 Å². The molecule has 0 saturated heterocycles. The van der Waals surface area contributed by atoms with Gasteiger partial charge in [0.1, 0.15) is 11.5 Å². The summed E-state index contributed by atoms with van der Waals surface area (Å²) in [4.78, 5) is 29.8. The van der Waals surface area contributed by atoms with Gasteiger partial charge in [0, 0.05) is 37.8 Å². The minimum Gasteiger partial charge on any atom is -0.511 e. The van der Waals surface area contributed by atoms with Crippen molar-refractivity contribution in [1.29, 1.82) is 0 Å². The maximum absolute atomic E-state index is 12.6. The van der Waals surface area contributed by atoms with Crippen LogP contribution < -0.4 is 0 Å². The highest BCUT2D eigenvalue weighted by Crippen LogP contribution is 2.36. The minimum atomic E-state index is -0.135. The second kappa shape index (κ2) is 8.61. The molecule has 0 amide bonds. The van der Waals surface area contributed by atoms with E-state index in [1.165, 1.54) is 0 Å². The van der Waals surface area contributed by atoms with E-state index >= 15 is 0 Å². The van der Waals surface area contributed by atoms with Gasteiger partial charge in [0.05, 0.1) is 23.4 Å². The van der Waals surface area contributed by atoms with Crippen LogP contribution in [0.25, 0.3) is 0 Å². The molecular weight excluding hydrogens is 392 g/mol. The number of aliphatic hydroxyl groups is 1. The van der Waals surface area contributed by atoms with E-state index in [0.29, 0.717) is 67.0 Å². The van der Waals surface area contributed by atoms with Gasteiger partial charge in [-0.1, -0.05) is 49.3 Å². The lowest BCUT2D eigenvalue weighted by Gasteiger charge is -2.26. The van der Waals surface area contributed by atoms with Crippen molar-refractivity contribution in [3.05, 3.63) is 64.2 Å². The smallest absolute Gasteiger partial charge is 0.168 e. The molecule has 6 heteroatoms. The van der Waals surface area contributed by atoms with E-state index in [-0.39, 0.29) is 29.2 Å². The SMILES string of the molecule is CC1(C)CC(=O)c2c(CC/C(O)=C3\C(=O)CCCC3=NCc3ccccc3)noc2C1. The average molecular weight is 421 g/mol. The third-order valence-corrected chi connectivity index (χ3v) is 5.96. The van der Waals surface area contributed by atoms with Crippen LogP contribution in [0.3, 0.4) is 0 Å². The standard InChI is InChI=1S/C25H28N2O4/c1-25(2)13-21(30)24-18(27-31-22(24)14-25)11-12-20(29)23-17(9-6-10-19(23)28)26-15-16-7-4-3-5-8-16/h3-5,7-8,29H,6,9-15H2,1-2H3/b23-20+,26-17?. The number of aliphatic imine (C=N–C) groups is 1. The first-order valence-electron chi connectivity index (χ1n) is 10.9. The number of aryl methyl sites for hydroxylation is 1. The molecule has 1 saturated carbocycles. The van der Waals surface area contributed by atoms with Gasteiger partial charge >= 0.3 is 0 Å². The quantitative estimate of drug-likeness (QED) is 0.545. The molecule has 0 aliphatic heterocycles. The van der Waals surface area contributed by atoms with Crippen molar-refractivity contribution in [2.24, 2.45) is 10.4 Å². The molecule has 0 atom stereocenters. The number of ketones is 2. The maximum Gasteiger partial charge on any atom is 0.168 e. The van der Waals surface area contributed by atoms with E-state index in [1.54, 1.807) is 0 Å². The Bertz CT molecular complexity index is 1060. The van der Waals surface area contributed by atoms with Gasteiger partial charge in [-0.2, -0.15) is 0 Å². The second-order valence-corrected chi connectivity index (χ2v) is 9.22. The Balaban J connectivity index is 1.53. The van der Waals surface area contributed by atoms with E-state index in [9.17, 15) is 14.7 Å². The number of aromatic nitrogens is 1. The van der Waals surface area contributed by atoms with Crippen molar-refractivity contribution >= 4 is 17.3 Å². The molecule has 2 aromatic rings. The van der Waals surface area contributed by atoms with Crippen molar-refractivity contribution in [3.8, 4) is 0 Å². The summed E-state index contributed by atoms with van der Waals surface area (Å²) in [6.07, 6.45) is 3.52. The number of Topliss-reactive ketones (excluding diaryl/α,β-unsaturated/α-hetero) is 2. The Hall–Kier alpha value is -3.02. The number of carbonyl (C=O) groups is 2. The number of carbonyl (C=O) groups excluding carboxylic acids is 2. The zero-order valence-corrected chi connectivity index (χ0v) is 18.1. The molecular formula is C25H28N2O4. The van der Waals surface area contributed by atoms with Crippen LogP contribution in [0.15, 0.2) is 51.2 Å². The number of allylic oxidation sites excluding steroid dienone is 2. The fourth-order valence-electron chi connectivity index (χ4n) is 4.44. The van der Waals surface area contributed by atoms with E-state index < -0.39 is 0 Å². The van der Waals surface area contributed by atoms with Gasteiger partial charge in [-0.25, -0.2) is 0 Å². The van der Waals surface area contributed by atoms with Crippen molar-refractivity contribution in [2.75, 3.05) is 0 Å². The van der Waals surface area contributed by atoms with Gasteiger partial charge in [0.2, 0.25) is 0 Å². The lowest BCUT2D eigenvalue weighted by Crippen LogP contribution is -2.26. The number of nitrogens with zero attached hydrogens (tertiary/aromatic N) is 2. The molecule has 6 nitrogen and oxygen atoms in total. The third kappa shape index (κ3) is 4.68. The van der Waals surface area contributed by atoms with Gasteiger partial charge in [0.15, 0.2) is 11.6 Å². The normalized spacial score (nSPS) is 21.3. The molecule has 1 heterocycles. The summed E-state index contributed by atoms with van der Waals surface area (Å²) in [6, 6.07) is 9.84. The van der Waals surface area contributed by atoms with Crippen LogP contribution in [0.4, 0.5) is 0 Å². The number of hydrogen-bond acceptors (Lipinski definition) is 6. The van der Waals surface area contributed by atoms with Crippen LogP contribution in [-0.4, -0.2) is 27.5 Å². The molecule has 2 aliphatic rings. The van der Waals surface area contributed by atoms with E-state index in [2.05, 4.69) is 10.1 Å². The lowest BCUT2D eigenvalue weighted by atomic mass is 9.76. The fourth-order valence-corrected chi connectivity index (χ4v) is 4.44. The van der Waals surface area contributed by atoms with Crippen LogP contribution >= 0.6 is 0 Å². The first-order valence-corrected chi connectivity index (χ1v) is 10.9. The molecule has 0 bridgehead atoms. The predicted octanol–water partition coefficient (Wildman–Crippen LogP) is 4.97. The maximum atomic E-state index is 12.6. The van der Waals surface area contributed by atoms with Crippen molar-refractivity contribution < 1.29 is 19.2 Å². The van der Waals surface area contributed by atoms with Crippen LogP contribution in [-0.2, 0) is 24.2 Å². The van der Waals surface area contributed by atoms with Gasteiger partial charge in [-0.15, -0.1) is 0 Å². The second-order valence-electron chi connectivity index (χ2n) is 9.22. The Kier molecular flexibility index (Phi) is 5.90. The van der Waals surface area contributed by atoms with Gasteiger partial charge in [0.25, 0.3) is 0 Å². The average Bonchev–Trinajstić information content (AvgIpc) is 3.13. The first kappa shape index (κ1) is 21.2. The number of rotatable bonds is 5. The molecule has 162 valence electrons. The molecule has 1 aromatic heterocycles. The van der Waals surface area contributed by atoms with Crippen molar-refractivity contribution in [2.45, 2.75) is 65.3 Å². The van der Waals surface area contributed by atoms with Gasteiger partial charge in [-0.05, 0) is 23.8 Å². The van der Waals surface area contributed by atoms with Gasteiger partial charge < -0.3 is 9.63 Å². The van der Waals surface area contributed by atoms with Crippen molar-refractivity contribution in [1.82, 2.24) is 5.16 Å². The molecule has 2 aliphatic carbocycles. The predicted molar refractivity (Wildman–Crippen MR) is 117 cm³/mol. The summed E-state index contributed by atoms with van der Waals surface area (Å²) in [5.74, 6) is 0.614. The molecule has 0 spiro atoms. The molecule has 31 heavy (non-hydrogen) atoms. The van der Waals surface area contributed by atoms with Gasteiger partial charge in [-0.3, -0.25) is 14.6 Å². The summed E-state index contributed by atoms with van der Waals surface area (Å²) in [5.41, 5.74) is 3.05. The highest BCUT2D eigenvalue weighted by Gasteiger charge is 2.36. The lowest BCUT2D eigenvalue weighted by molar-refractivity contribution is -0.115. The molecule has 0 unspecified atom stereocenters. The van der Waals surface area contributed by atoms with Crippen LogP contribution in [0.2, 0.25) is 0 Å². The van der Waals surface area contributed by atoms with Crippen molar-refractivity contribution in [3.63, 3.8) is 0 Å². The molecule has 0 radical (unpaired) electrons. The molecule has 4 rings (SSSR count). The van der Waals surface area contributed by atoms with E-state index in [1.807, 2.05) is 44.2 Å². The Morgan fingerprint density at radius 1 is 1.13 bits per heavy atom. The van der Waals surface area contributed by atoms with E-state index in [4.69, 9.17) is 4.52 Å². The Morgan fingerprint density at radius 3 is 2.68 bits per heavy atom. The number of fused-ring (bicyclic) bond motifs is 1. The topological polar surface area (TPSA) is 92.8 Å². The van der Waals surface area contributed by atoms with Crippen LogP contribution in [0.1, 0.15) is 73.3 Å². The van der Waals surface area contributed by atoms with Crippen LogP contribution in [0.5, 0.6) is 0 Å².